The highest BCUT2D eigenvalue weighted by Crippen LogP contribution is 2.33. The second kappa shape index (κ2) is 8.78. The molecule has 1 aromatic carbocycles. The number of esters is 1. The lowest BCUT2D eigenvalue weighted by Gasteiger charge is -2.14. The van der Waals surface area contributed by atoms with Crippen LogP contribution >= 0.6 is 11.3 Å². The van der Waals surface area contributed by atoms with E-state index in [0.717, 1.165) is 16.0 Å². The number of thiophene rings is 1. The van der Waals surface area contributed by atoms with E-state index in [9.17, 15) is 9.59 Å². The Hall–Kier alpha value is -2.18. The molecule has 2 rings (SSSR count). The van der Waals surface area contributed by atoms with Gasteiger partial charge in [-0.15, -0.1) is 11.3 Å². The largest absolute Gasteiger partial charge is 0.462 e. The van der Waals surface area contributed by atoms with Crippen molar-refractivity contribution >= 4 is 28.2 Å². The van der Waals surface area contributed by atoms with Crippen LogP contribution in [0.15, 0.2) is 30.3 Å². The van der Waals surface area contributed by atoms with E-state index >= 15 is 0 Å². The highest BCUT2D eigenvalue weighted by molar-refractivity contribution is 7.16. The van der Waals surface area contributed by atoms with Crippen LogP contribution in [0.3, 0.4) is 0 Å². The van der Waals surface area contributed by atoms with Crippen LogP contribution in [0.25, 0.3) is 0 Å². The Balaban J connectivity index is 2.01. The minimum atomic E-state index is -0.398. The van der Waals surface area contributed by atoms with Gasteiger partial charge in [-0.3, -0.25) is 4.79 Å². The maximum Gasteiger partial charge on any atom is 0.341 e. The number of carbonyl (C=O) groups excluding carboxylic acids is 2. The summed E-state index contributed by atoms with van der Waals surface area (Å²) in [6.45, 7) is 8.02. The lowest BCUT2D eigenvalue weighted by Crippen LogP contribution is -2.30. The van der Waals surface area contributed by atoms with Crippen LogP contribution in [-0.2, 0) is 9.53 Å². The second-order valence-electron chi connectivity index (χ2n) is 5.77. The SMILES string of the molecule is CCOC(=O)c1c(NC(=O)CN[C@H](C)c2ccccc2)sc(C)c1C. The van der Waals surface area contributed by atoms with Crippen LogP contribution in [0.5, 0.6) is 0 Å². The quantitative estimate of drug-likeness (QED) is 0.737. The molecule has 0 radical (unpaired) electrons. The highest BCUT2D eigenvalue weighted by atomic mass is 32.1. The molecule has 25 heavy (non-hydrogen) atoms. The Morgan fingerprint density at radius 2 is 1.88 bits per heavy atom. The van der Waals surface area contributed by atoms with Crippen molar-refractivity contribution in [3.8, 4) is 0 Å². The van der Waals surface area contributed by atoms with Crippen LogP contribution in [-0.4, -0.2) is 25.0 Å². The molecule has 2 aromatic rings. The molecular formula is C19H24N2O3S. The number of carbonyl (C=O) groups is 2. The standard InChI is InChI=1S/C19H24N2O3S/c1-5-24-19(23)17-12(2)14(4)25-18(17)21-16(22)11-20-13(3)15-9-7-6-8-10-15/h6-10,13,20H,5,11H2,1-4H3,(H,21,22)/t13-/m1/s1. The maximum absolute atomic E-state index is 12.3. The summed E-state index contributed by atoms with van der Waals surface area (Å²) < 4.78 is 5.10. The van der Waals surface area contributed by atoms with E-state index in [1.165, 1.54) is 11.3 Å². The summed E-state index contributed by atoms with van der Waals surface area (Å²) in [5.41, 5.74) is 2.42. The van der Waals surface area contributed by atoms with E-state index in [1.54, 1.807) is 6.92 Å². The second-order valence-corrected chi connectivity index (χ2v) is 6.99. The molecule has 0 aliphatic heterocycles. The molecule has 134 valence electrons. The molecule has 6 heteroatoms. The van der Waals surface area contributed by atoms with E-state index in [1.807, 2.05) is 51.1 Å². The number of nitrogens with one attached hydrogen (secondary N) is 2. The lowest BCUT2D eigenvalue weighted by atomic mass is 10.1. The zero-order chi connectivity index (χ0) is 18.4. The number of rotatable bonds is 7. The summed E-state index contributed by atoms with van der Waals surface area (Å²) in [7, 11) is 0. The third-order valence-corrected chi connectivity index (χ3v) is 5.11. The van der Waals surface area contributed by atoms with Crippen LogP contribution in [0.2, 0.25) is 0 Å². The van der Waals surface area contributed by atoms with Crippen LogP contribution in [0.1, 0.15) is 46.3 Å². The van der Waals surface area contributed by atoms with Gasteiger partial charge in [0.15, 0.2) is 0 Å². The summed E-state index contributed by atoms with van der Waals surface area (Å²) in [5, 5.41) is 6.57. The molecule has 1 amide bonds. The first kappa shape index (κ1) is 19.1. The van der Waals surface area contributed by atoms with Crippen molar-refractivity contribution in [2.45, 2.75) is 33.7 Å². The van der Waals surface area contributed by atoms with Gasteiger partial charge >= 0.3 is 5.97 Å². The van der Waals surface area contributed by atoms with Gasteiger partial charge in [-0.2, -0.15) is 0 Å². The van der Waals surface area contributed by atoms with Crippen molar-refractivity contribution in [3.05, 3.63) is 51.9 Å². The topological polar surface area (TPSA) is 67.4 Å². The highest BCUT2D eigenvalue weighted by Gasteiger charge is 2.22. The third-order valence-electron chi connectivity index (χ3n) is 3.99. The van der Waals surface area contributed by atoms with Crippen molar-refractivity contribution in [1.29, 1.82) is 0 Å². The normalized spacial score (nSPS) is 11.8. The zero-order valence-electron chi connectivity index (χ0n) is 15.0. The zero-order valence-corrected chi connectivity index (χ0v) is 15.8. The minimum absolute atomic E-state index is 0.0586. The molecule has 1 heterocycles. The van der Waals surface area contributed by atoms with Crippen molar-refractivity contribution < 1.29 is 14.3 Å². The molecule has 5 nitrogen and oxygen atoms in total. The van der Waals surface area contributed by atoms with Gasteiger partial charge in [0, 0.05) is 10.9 Å². The summed E-state index contributed by atoms with van der Waals surface area (Å²) in [4.78, 5) is 25.4. The fraction of sp³-hybridized carbons (Fsp3) is 0.368. The smallest absolute Gasteiger partial charge is 0.341 e. The van der Waals surface area contributed by atoms with Gasteiger partial charge in [0.05, 0.1) is 18.7 Å². The van der Waals surface area contributed by atoms with Gasteiger partial charge < -0.3 is 15.4 Å². The molecule has 0 saturated carbocycles. The van der Waals surface area contributed by atoms with Gasteiger partial charge in [-0.25, -0.2) is 4.79 Å². The molecular weight excluding hydrogens is 336 g/mol. The molecule has 0 aliphatic carbocycles. The molecule has 0 saturated heterocycles. The Morgan fingerprint density at radius 3 is 2.52 bits per heavy atom. The fourth-order valence-corrected chi connectivity index (χ4v) is 3.50. The summed E-state index contributed by atoms with van der Waals surface area (Å²) in [5.74, 6) is -0.583. The molecule has 0 unspecified atom stereocenters. The monoisotopic (exact) mass is 360 g/mol. The van der Waals surface area contributed by atoms with E-state index in [4.69, 9.17) is 4.74 Å². The molecule has 0 aliphatic rings. The van der Waals surface area contributed by atoms with Gasteiger partial charge in [-0.1, -0.05) is 30.3 Å². The average molecular weight is 360 g/mol. The number of aryl methyl sites for hydroxylation is 1. The van der Waals surface area contributed by atoms with E-state index in [0.29, 0.717) is 17.2 Å². The Kier molecular flexibility index (Phi) is 6.73. The summed E-state index contributed by atoms with van der Waals surface area (Å²) >= 11 is 1.39. The number of hydrogen-bond donors (Lipinski definition) is 2. The fourth-order valence-electron chi connectivity index (χ4n) is 2.44. The Morgan fingerprint density at radius 1 is 1.20 bits per heavy atom. The molecule has 0 spiro atoms. The molecule has 1 aromatic heterocycles. The molecule has 2 N–H and O–H groups in total. The van der Waals surface area contributed by atoms with Gasteiger partial charge in [0.1, 0.15) is 5.00 Å². The lowest BCUT2D eigenvalue weighted by molar-refractivity contribution is -0.115. The van der Waals surface area contributed by atoms with Crippen molar-refractivity contribution in [1.82, 2.24) is 5.32 Å². The third kappa shape index (κ3) is 4.90. The van der Waals surface area contributed by atoms with Crippen LogP contribution in [0.4, 0.5) is 5.00 Å². The van der Waals surface area contributed by atoms with Crippen molar-refractivity contribution in [2.75, 3.05) is 18.5 Å². The maximum atomic E-state index is 12.3. The number of benzene rings is 1. The number of hydrogen-bond acceptors (Lipinski definition) is 5. The summed E-state index contributed by atoms with van der Waals surface area (Å²) in [6.07, 6.45) is 0. The van der Waals surface area contributed by atoms with Crippen molar-refractivity contribution in [2.24, 2.45) is 0 Å². The van der Waals surface area contributed by atoms with Gasteiger partial charge in [0.25, 0.3) is 0 Å². The van der Waals surface area contributed by atoms with Gasteiger partial charge in [-0.05, 0) is 38.8 Å². The van der Waals surface area contributed by atoms with Crippen LogP contribution < -0.4 is 10.6 Å². The predicted molar refractivity (Wildman–Crippen MR) is 101 cm³/mol. The van der Waals surface area contributed by atoms with E-state index in [2.05, 4.69) is 10.6 Å². The average Bonchev–Trinajstić information content (AvgIpc) is 2.87. The van der Waals surface area contributed by atoms with Crippen molar-refractivity contribution in [3.63, 3.8) is 0 Å². The first-order chi connectivity index (χ1) is 11.9. The first-order valence-electron chi connectivity index (χ1n) is 8.29. The number of anilines is 1. The van der Waals surface area contributed by atoms with Crippen LogP contribution in [0, 0.1) is 13.8 Å². The van der Waals surface area contributed by atoms with E-state index < -0.39 is 5.97 Å². The predicted octanol–water partition coefficient (Wildman–Crippen LogP) is 3.83. The molecule has 0 fully saturated rings. The Labute approximate surface area is 152 Å². The minimum Gasteiger partial charge on any atom is -0.462 e. The summed E-state index contributed by atoms with van der Waals surface area (Å²) in [6, 6.07) is 9.98. The van der Waals surface area contributed by atoms with Gasteiger partial charge in [0.2, 0.25) is 5.91 Å². The molecule has 0 bridgehead atoms. The number of ether oxygens (including phenoxy) is 1. The number of amides is 1. The first-order valence-corrected chi connectivity index (χ1v) is 9.11. The van der Waals surface area contributed by atoms with E-state index in [-0.39, 0.29) is 18.5 Å². The molecule has 1 atom stereocenters. The Bertz CT molecular complexity index is 741.